The van der Waals surface area contributed by atoms with Gasteiger partial charge in [0.25, 0.3) is 0 Å². The molecule has 0 aliphatic rings. The summed E-state index contributed by atoms with van der Waals surface area (Å²) in [5.74, 6) is 0.941. The van der Waals surface area contributed by atoms with E-state index in [0.29, 0.717) is 6.04 Å². The standard InChI is InChI=1S/C17H21ClN2S/c1-3-9-20-16(14-11-19-10-8-13(14)2)12-21-17-7-5-4-6-15(17)18/h4-8,10-11,16,20H,3,9,12H2,1-2H3. The van der Waals surface area contributed by atoms with Gasteiger partial charge in [0.1, 0.15) is 0 Å². The van der Waals surface area contributed by atoms with Gasteiger partial charge in [-0.05, 0) is 49.2 Å². The first-order valence-corrected chi connectivity index (χ1v) is 8.60. The van der Waals surface area contributed by atoms with Gasteiger partial charge < -0.3 is 5.32 Å². The fraction of sp³-hybridized carbons (Fsp3) is 0.353. The molecular weight excluding hydrogens is 300 g/mol. The fourth-order valence-corrected chi connectivity index (χ4v) is 3.48. The number of hydrogen-bond donors (Lipinski definition) is 1. The van der Waals surface area contributed by atoms with Crippen molar-refractivity contribution in [1.29, 1.82) is 0 Å². The molecular formula is C17H21ClN2S. The molecule has 2 aromatic rings. The van der Waals surface area contributed by atoms with Gasteiger partial charge in [-0.3, -0.25) is 4.98 Å². The summed E-state index contributed by atoms with van der Waals surface area (Å²) in [6.07, 6.45) is 4.93. The molecule has 2 nitrogen and oxygen atoms in total. The molecule has 0 aliphatic heterocycles. The Morgan fingerprint density at radius 3 is 2.81 bits per heavy atom. The minimum Gasteiger partial charge on any atom is -0.309 e. The smallest absolute Gasteiger partial charge is 0.0541 e. The van der Waals surface area contributed by atoms with Gasteiger partial charge >= 0.3 is 0 Å². The average molecular weight is 321 g/mol. The highest BCUT2D eigenvalue weighted by atomic mass is 35.5. The van der Waals surface area contributed by atoms with Gasteiger partial charge in [0, 0.05) is 29.1 Å². The van der Waals surface area contributed by atoms with Crippen LogP contribution in [0.15, 0.2) is 47.6 Å². The average Bonchev–Trinajstić information content (AvgIpc) is 2.50. The minimum atomic E-state index is 0.292. The van der Waals surface area contributed by atoms with E-state index in [0.717, 1.165) is 28.6 Å². The van der Waals surface area contributed by atoms with Crippen molar-refractivity contribution < 1.29 is 0 Å². The van der Waals surface area contributed by atoms with Crippen LogP contribution in [-0.2, 0) is 0 Å². The monoisotopic (exact) mass is 320 g/mol. The highest BCUT2D eigenvalue weighted by molar-refractivity contribution is 7.99. The lowest BCUT2D eigenvalue weighted by atomic mass is 10.1. The van der Waals surface area contributed by atoms with Crippen LogP contribution >= 0.6 is 23.4 Å². The van der Waals surface area contributed by atoms with E-state index in [1.54, 1.807) is 11.8 Å². The SMILES string of the molecule is CCCNC(CSc1ccccc1Cl)c1cnccc1C. The number of halogens is 1. The maximum atomic E-state index is 6.24. The summed E-state index contributed by atoms with van der Waals surface area (Å²) in [4.78, 5) is 5.40. The summed E-state index contributed by atoms with van der Waals surface area (Å²) in [7, 11) is 0. The Morgan fingerprint density at radius 1 is 1.29 bits per heavy atom. The summed E-state index contributed by atoms with van der Waals surface area (Å²) < 4.78 is 0. The van der Waals surface area contributed by atoms with E-state index in [4.69, 9.17) is 11.6 Å². The number of rotatable bonds is 7. The molecule has 0 fully saturated rings. The van der Waals surface area contributed by atoms with Crippen LogP contribution in [0.3, 0.4) is 0 Å². The third-order valence-corrected chi connectivity index (χ3v) is 4.95. The Hall–Kier alpha value is -1.03. The van der Waals surface area contributed by atoms with Crippen LogP contribution in [0.4, 0.5) is 0 Å². The second-order valence-electron chi connectivity index (χ2n) is 4.98. The van der Waals surface area contributed by atoms with Crippen LogP contribution < -0.4 is 5.32 Å². The first-order valence-electron chi connectivity index (χ1n) is 7.23. The van der Waals surface area contributed by atoms with E-state index in [1.165, 1.54) is 11.1 Å². The minimum absolute atomic E-state index is 0.292. The van der Waals surface area contributed by atoms with Crippen LogP contribution in [0, 0.1) is 6.92 Å². The molecule has 2 rings (SSSR count). The second kappa shape index (κ2) is 8.42. The molecule has 112 valence electrons. The molecule has 1 heterocycles. The Bertz CT molecular complexity index is 574. The largest absolute Gasteiger partial charge is 0.309 e. The van der Waals surface area contributed by atoms with Crippen molar-refractivity contribution in [2.24, 2.45) is 0 Å². The molecule has 1 N–H and O–H groups in total. The van der Waals surface area contributed by atoms with Crippen LogP contribution in [0.1, 0.15) is 30.5 Å². The van der Waals surface area contributed by atoms with Crippen molar-refractivity contribution in [3.63, 3.8) is 0 Å². The number of nitrogens with one attached hydrogen (secondary N) is 1. The van der Waals surface area contributed by atoms with Crippen molar-refractivity contribution in [3.05, 3.63) is 58.9 Å². The molecule has 0 aliphatic carbocycles. The van der Waals surface area contributed by atoms with Gasteiger partial charge in [-0.1, -0.05) is 30.7 Å². The molecule has 21 heavy (non-hydrogen) atoms. The first-order chi connectivity index (χ1) is 10.2. The zero-order chi connectivity index (χ0) is 15.1. The van der Waals surface area contributed by atoms with E-state index in [2.05, 4.69) is 36.3 Å². The summed E-state index contributed by atoms with van der Waals surface area (Å²) >= 11 is 8.02. The molecule has 0 amide bonds. The first kappa shape index (κ1) is 16.3. The molecule has 0 spiro atoms. The van der Waals surface area contributed by atoms with E-state index >= 15 is 0 Å². The Morgan fingerprint density at radius 2 is 2.10 bits per heavy atom. The van der Waals surface area contributed by atoms with Crippen LogP contribution in [0.25, 0.3) is 0 Å². The van der Waals surface area contributed by atoms with E-state index < -0.39 is 0 Å². The molecule has 1 aromatic heterocycles. The normalized spacial score (nSPS) is 12.3. The summed E-state index contributed by atoms with van der Waals surface area (Å²) in [5, 5.41) is 4.43. The number of benzene rings is 1. The molecule has 4 heteroatoms. The van der Waals surface area contributed by atoms with Crippen molar-refractivity contribution in [3.8, 4) is 0 Å². The zero-order valence-corrected chi connectivity index (χ0v) is 14.0. The zero-order valence-electron chi connectivity index (χ0n) is 12.5. The lowest BCUT2D eigenvalue weighted by molar-refractivity contribution is 0.573. The maximum absolute atomic E-state index is 6.24. The lowest BCUT2D eigenvalue weighted by Gasteiger charge is -2.20. The van der Waals surface area contributed by atoms with Gasteiger partial charge in [-0.25, -0.2) is 0 Å². The number of nitrogens with zero attached hydrogens (tertiary/aromatic N) is 1. The van der Waals surface area contributed by atoms with Gasteiger partial charge in [0.05, 0.1) is 5.02 Å². The summed E-state index contributed by atoms with van der Waals surface area (Å²) in [6, 6.07) is 10.4. The predicted octanol–water partition coefficient (Wildman–Crippen LogP) is 4.88. The van der Waals surface area contributed by atoms with E-state index in [1.807, 2.05) is 30.6 Å². The molecule has 0 bridgehead atoms. The third kappa shape index (κ3) is 4.73. The summed E-state index contributed by atoms with van der Waals surface area (Å²) in [6.45, 7) is 5.32. The highest BCUT2D eigenvalue weighted by Crippen LogP contribution is 2.30. The second-order valence-corrected chi connectivity index (χ2v) is 6.45. The Labute approximate surface area is 136 Å². The molecule has 0 saturated carbocycles. The fourth-order valence-electron chi connectivity index (χ4n) is 2.15. The van der Waals surface area contributed by atoms with Crippen molar-refractivity contribution in [1.82, 2.24) is 10.3 Å². The number of pyridine rings is 1. The number of hydrogen-bond acceptors (Lipinski definition) is 3. The molecule has 0 saturated heterocycles. The van der Waals surface area contributed by atoms with Crippen molar-refractivity contribution in [2.75, 3.05) is 12.3 Å². The molecule has 0 radical (unpaired) electrons. The quantitative estimate of drug-likeness (QED) is 0.736. The van der Waals surface area contributed by atoms with Gasteiger partial charge in [-0.15, -0.1) is 11.8 Å². The molecule has 1 aromatic carbocycles. The van der Waals surface area contributed by atoms with Crippen LogP contribution in [0.2, 0.25) is 5.02 Å². The Balaban J connectivity index is 2.10. The number of aromatic nitrogens is 1. The van der Waals surface area contributed by atoms with Crippen molar-refractivity contribution in [2.45, 2.75) is 31.2 Å². The highest BCUT2D eigenvalue weighted by Gasteiger charge is 2.14. The molecule has 1 atom stereocenters. The van der Waals surface area contributed by atoms with Crippen LogP contribution in [0.5, 0.6) is 0 Å². The van der Waals surface area contributed by atoms with E-state index in [-0.39, 0.29) is 0 Å². The van der Waals surface area contributed by atoms with E-state index in [9.17, 15) is 0 Å². The molecule has 1 unspecified atom stereocenters. The van der Waals surface area contributed by atoms with Gasteiger partial charge in [0.2, 0.25) is 0 Å². The predicted molar refractivity (Wildman–Crippen MR) is 92.2 cm³/mol. The number of thioether (sulfide) groups is 1. The third-order valence-electron chi connectivity index (χ3n) is 3.34. The maximum Gasteiger partial charge on any atom is 0.0541 e. The summed E-state index contributed by atoms with van der Waals surface area (Å²) in [5.41, 5.74) is 2.55. The van der Waals surface area contributed by atoms with Gasteiger partial charge in [-0.2, -0.15) is 0 Å². The van der Waals surface area contributed by atoms with Crippen LogP contribution in [-0.4, -0.2) is 17.3 Å². The number of aryl methyl sites for hydroxylation is 1. The van der Waals surface area contributed by atoms with Gasteiger partial charge in [0.15, 0.2) is 0 Å². The lowest BCUT2D eigenvalue weighted by Crippen LogP contribution is -2.25. The Kier molecular flexibility index (Phi) is 6.55. The van der Waals surface area contributed by atoms with Crippen molar-refractivity contribution >= 4 is 23.4 Å². The topological polar surface area (TPSA) is 24.9 Å².